The Morgan fingerprint density at radius 3 is 2.14 bits per heavy atom. The van der Waals surface area contributed by atoms with Crippen molar-refractivity contribution in [3.8, 4) is 0 Å². The molecule has 0 N–H and O–H groups in total. The zero-order valence-corrected chi connectivity index (χ0v) is 9.76. The molecule has 0 fully saturated rings. The average molecular weight is 204 g/mol. The fourth-order valence-electron chi connectivity index (χ4n) is 1.18. The Labute approximate surface area is 85.8 Å². The maximum Gasteiger partial charge on any atom is 0.312 e. The molecule has 0 aliphatic carbocycles. The summed E-state index contributed by atoms with van der Waals surface area (Å²) < 4.78 is 17.7. The molecule has 3 heteroatoms. The van der Waals surface area contributed by atoms with Gasteiger partial charge >= 0.3 is 5.97 Å². The first kappa shape index (κ1) is 13.4. The fraction of sp³-hybridized carbons (Fsp3) is 0.909. The third kappa shape index (κ3) is 5.95. The first-order valence-corrected chi connectivity index (χ1v) is 5.05. The van der Waals surface area contributed by atoms with Crippen LogP contribution < -0.4 is 0 Å². The number of esters is 1. The standard InChI is InChI=1S/C11H21FO2/c1-8(2)6-9(7-12)10(13)14-11(3,4)5/h8-9H,6-7H2,1-5H3. The van der Waals surface area contributed by atoms with Gasteiger partial charge < -0.3 is 4.74 Å². The molecular weight excluding hydrogens is 183 g/mol. The molecule has 0 aliphatic rings. The molecule has 14 heavy (non-hydrogen) atoms. The van der Waals surface area contributed by atoms with Crippen LogP contribution in [0.15, 0.2) is 0 Å². The molecule has 2 nitrogen and oxygen atoms in total. The molecule has 0 spiro atoms. The lowest BCUT2D eigenvalue weighted by Gasteiger charge is -2.23. The summed E-state index contributed by atoms with van der Waals surface area (Å²) in [4.78, 5) is 11.5. The van der Waals surface area contributed by atoms with Gasteiger partial charge in [0.05, 0.1) is 5.92 Å². The molecule has 0 aromatic heterocycles. The smallest absolute Gasteiger partial charge is 0.312 e. The van der Waals surface area contributed by atoms with Crippen molar-refractivity contribution < 1.29 is 13.9 Å². The number of hydrogen-bond donors (Lipinski definition) is 0. The molecule has 0 amide bonds. The average Bonchev–Trinajstić information content (AvgIpc) is 1.96. The lowest BCUT2D eigenvalue weighted by atomic mass is 9.98. The molecule has 1 unspecified atom stereocenters. The molecule has 84 valence electrons. The third-order valence-corrected chi connectivity index (χ3v) is 1.68. The monoisotopic (exact) mass is 204 g/mol. The Bertz CT molecular complexity index is 182. The van der Waals surface area contributed by atoms with E-state index in [2.05, 4.69) is 0 Å². The third-order valence-electron chi connectivity index (χ3n) is 1.68. The van der Waals surface area contributed by atoms with Gasteiger partial charge in [-0.25, -0.2) is 0 Å². The van der Waals surface area contributed by atoms with Crippen LogP contribution in [0, 0.1) is 11.8 Å². The van der Waals surface area contributed by atoms with Crippen molar-refractivity contribution in [2.24, 2.45) is 11.8 Å². The van der Waals surface area contributed by atoms with Crippen LogP contribution in [-0.2, 0) is 9.53 Å². The first-order valence-electron chi connectivity index (χ1n) is 5.05. The number of carbonyl (C=O) groups is 1. The normalized spacial score (nSPS) is 14.2. The van der Waals surface area contributed by atoms with Crippen LogP contribution in [0.2, 0.25) is 0 Å². The van der Waals surface area contributed by atoms with Crippen molar-refractivity contribution in [2.75, 3.05) is 6.67 Å². The zero-order valence-electron chi connectivity index (χ0n) is 9.76. The maximum absolute atomic E-state index is 12.5. The second kappa shape index (κ2) is 5.32. The molecule has 0 aromatic carbocycles. The van der Waals surface area contributed by atoms with Gasteiger partial charge in [-0.3, -0.25) is 9.18 Å². The van der Waals surface area contributed by atoms with Gasteiger partial charge in [0, 0.05) is 0 Å². The molecule has 0 aromatic rings. The molecule has 0 heterocycles. The topological polar surface area (TPSA) is 26.3 Å². The molecular formula is C11H21FO2. The van der Waals surface area contributed by atoms with E-state index in [1.54, 1.807) is 20.8 Å². The summed E-state index contributed by atoms with van der Waals surface area (Å²) in [6, 6.07) is 0. The van der Waals surface area contributed by atoms with E-state index in [0.717, 1.165) is 0 Å². The van der Waals surface area contributed by atoms with E-state index in [0.29, 0.717) is 12.3 Å². The van der Waals surface area contributed by atoms with Crippen molar-refractivity contribution >= 4 is 5.97 Å². The van der Waals surface area contributed by atoms with Gasteiger partial charge in [-0.2, -0.15) is 0 Å². The number of ether oxygens (including phenoxy) is 1. The first-order chi connectivity index (χ1) is 6.26. The molecule has 0 rings (SSSR count). The van der Waals surface area contributed by atoms with Crippen molar-refractivity contribution in [3.05, 3.63) is 0 Å². The number of halogens is 1. The van der Waals surface area contributed by atoms with Gasteiger partial charge in [0.25, 0.3) is 0 Å². The highest BCUT2D eigenvalue weighted by Crippen LogP contribution is 2.17. The minimum absolute atomic E-state index is 0.309. The Kier molecular flexibility index (Phi) is 5.09. The van der Waals surface area contributed by atoms with Crippen LogP contribution in [0.5, 0.6) is 0 Å². The number of hydrogen-bond acceptors (Lipinski definition) is 2. The molecule has 0 aliphatic heterocycles. The van der Waals surface area contributed by atoms with Crippen LogP contribution in [0.3, 0.4) is 0 Å². The molecule has 0 saturated heterocycles. The van der Waals surface area contributed by atoms with Crippen LogP contribution in [0.25, 0.3) is 0 Å². The van der Waals surface area contributed by atoms with Crippen molar-refractivity contribution in [1.29, 1.82) is 0 Å². The Morgan fingerprint density at radius 1 is 1.36 bits per heavy atom. The Hall–Kier alpha value is -0.600. The Balaban J connectivity index is 4.18. The second-order valence-corrected chi connectivity index (χ2v) is 5.01. The van der Waals surface area contributed by atoms with Gasteiger partial charge in [-0.15, -0.1) is 0 Å². The lowest BCUT2D eigenvalue weighted by Crippen LogP contribution is -2.30. The molecule has 1 atom stereocenters. The second-order valence-electron chi connectivity index (χ2n) is 5.01. The van der Waals surface area contributed by atoms with E-state index < -0.39 is 24.2 Å². The quantitative estimate of drug-likeness (QED) is 0.658. The summed E-state index contributed by atoms with van der Waals surface area (Å²) in [5.41, 5.74) is -0.526. The summed E-state index contributed by atoms with van der Waals surface area (Å²) in [5.74, 6) is -0.716. The van der Waals surface area contributed by atoms with Gasteiger partial charge in [0.1, 0.15) is 12.3 Å². The van der Waals surface area contributed by atoms with E-state index in [-0.39, 0.29) is 0 Å². The molecule has 0 saturated carbocycles. The minimum atomic E-state index is -0.632. The summed E-state index contributed by atoms with van der Waals surface area (Å²) in [5, 5.41) is 0. The van der Waals surface area contributed by atoms with Gasteiger partial charge in [0.2, 0.25) is 0 Å². The highest BCUT2D eigenvalue weighted by Gasteiger charge is 2.25. The summed E-state index contributed by atoms with van der Waals surface area (Å²) in [7, 11) is 0. The Morgan fingerprint density at radius 2 is 1.86 bits per heavy atom. The van der Waals surface area contributed by atoms with E-state index in [1.165, 1.54) is 0 Å². The number of carbonyl (C=O) groups excluding carboxylic acids is 1. The van der Waals surface area contributed by atoms with E-state index in [9.17, 15) is 9.18 Å². The predicted octanol–water partition coefficient (Wildman–Crippen LogP) is 2.96. The molecule has 0 bridgehead atoms. The van der Waals surface area contributed by atoms with Crippen LogP contribution in [0.4, 0.5) is 4.39 Å². The van der Waals surface area contributed by atoms with Gasteiger partial charge in [-0.1, -0.05) is 13.8 Å². The van der Waals surface area contributed by atoms with Crippen LogP contribution >= 0.6 is 0 Å². The summed E-state index contributed by atoms with van der Waals surface area (Å²) in [6.07, 6.45) is 0.547. The van der Waals surface area contributed by atoms with E-state index >= 15 is 0 Å². The highest BCUT2D eigenvalue weighted by molar-refractivity contribution is 5.73. The maximum atomic E-state index is 12.5. The SMILES string of the molecule is CC(C)CC(CF)C(=O)OC(C)(C)C. The van der Waals surface area contributed by atoms with Crippen molar-refractivity contribution in [3.63, 3.8) is 0 Å². The summed E-state index contributed by atoms with van der Waals surface area (Å²) >= 11 is 0. The van der Waals surface area contributed by atoms with E-state index in [4.69, 9.17) is 4.74 Å². The van der Waals surface area contributed by atoms with Gasteiger partial charge in [-0.05, 0) is 33.1 Å². The minimum Gasteiger partial charge on any atom is -0.460 e. The fourth-order valence-corrected chi connectivity index (χ4v) is 1.18. The summed E-state index contributed by atoms with van der Waals surface area (Å²) in [6.45, 7) is 8.66. The van der Waals surface area contributed by atoms with E-state index in [1.807, 2.05) is 13.8 Å². The highest BCUT2D eigenvalue weighted by atomic mass is 19.1. The van der Waals surface area contributed by atoms with Crippen LogP contribution in [0.1, 0.15) is 41.0 Å². The zero-order chi connectivity index (χ0) is 11.4. The number of alkyl halides is 1. The predicted molar refractivity (Wildman–Crippen MR) is 54.8 cm³/mol. The number of rotatable bonds is 4. The van der Waals surface area contributed by atoms with Crippen molar-refractivity contribution in [1.82, 2.24) is 0 Å². The van der Waals surface area contributed by atoms with Crippen molar-refractivity contribution in [2.45, 2.75) is 46.6 Å². The largest absolute Gasteiger partial charge is 0.460 e. The van der Waals surface area contributed by atoms with Gasteiger partial charge in [0.15, 0.2) is 0 Å². The molecule has 0 radical (unpaired) electrons. The lowest BCUT2D eigenvalue weighted by molar-refractivity contribution is -0.161. The van der Waals surface area contributed by atoms with Crippen LogP contribution in [-0.4, -0.2) is 18.2 Å².